The van der Waals surface area contributed by atoms with Crippen molar-refractivity contribution in [3.63, 3.8) is 0 Å². The molecular weight excluding hydrogens is 1040 g/mol. The second-order valence-electron chi connectivity index (χ2n) is 17.4. The molecule has 0 bridgehead atoms. The van der Waals surface area contributed by atoms with Crippen molar-refractivity contribution in [3.8, 4) is 11.5 Å². The van der Waals surface area contributed by atoms with Gasteiger partial charge in [0.2, 0.25) is 0 Å². The normalized spacial score (nSPS) is 12.9. The fraction of sp³-hybridized carbons (Fsp3) is 0.0164. The largest absolute Gasteiger partial charge is 0.509 e. The summed E-state index contributed by atoms with van der Waals surface area (Å²) in [6.07, 6.45) is 1.84. The maximum absolute atomic E-state index is 6.71. The number of para-hydroxylation sites is 6. The van der Waals surface area contributed by atoms with Crippen LogP contribution in [0.25, 0.3) is 0 Å². The van der Waals surface area contributed by atoms with Crippen LogP contribution in [0.4, 0.5) is 74.1 Å². The van der Waals surface area contributed by atoms with Gasteiger partial charge in [-0.15, -0.1) is 48.8 Å². The van der Waals surface area contributed by atoms with Crippen molar-refractivity contribution < 1.29 is 25.8 Å². The number of aromatic nitrogens is 1. The van der Waals surface area contributed by atoms with E-state index in [4.69, 9.17) is 9.72 Å². The van der Waals surface area contributed by atoms with E-state index in [1.54, 1.807) is 0 Å². The average molecular weight is 1080 g/mol. The number of hydrogen-bond donors (Lipinski definition) is 0. The predicted molar refractivity (Wildman–Crippen MR) is 283 cm³/mol. The van der Waals surface area contributed by atoms with Crippen molar-refractivity contribution in [1.29, 1.82) is 0 Å². The van der Waals surface area contributed by atoms with Crippen LogP contribution in [0.15, 0.2) is 231 Å². The number of anilines is 13. The van der Waals surface area contributed by atoms with E-state index in [1.165, 1.54) is 22.0 Å². The van der Waals surface area contributed by atoms with Crippen LogP contribution in [0.3, 0.4) is 0 Å². The van der Waals surface area contributed by atoms with Crippen LogP contribution >= 0.6 is 0 Å². The Kier molecular flexibility index (Phi) is 11.0. The minimum atomic E-state index is -0.00713. The minimum Gasteiger partial charge on any atom is -0.509 e. The molecule has 9 aromatic carbocycles. The molecule has 1 aromatic heterocycles. The van der Waals surface area contributed by atoms with E-state index in [1.807, 2.05) is 48.7 Å². The fourth-order valence-electron chi connectivity index (χ4n) is 10.2. The molecule has 338 valence electrons. The van der Waals surface area contributed by atoms with Gasteiger partial charge in [0.15, 0.2) is 0 Å². The van der Waals surface area contributed by atoms with Gasteiger partial charge in [0.25, 0.3) is 6.71 Å². The maximum Gasteiger partial charge on any atom is 0.252 e. The summed E-state index contributed by atoms with van der Waals surface area (Å²) in [5.74, 6) is 1.87. The molecule has 3 aliphatic rings. The van der Waals surface area contributed by atoms with Gasteiger partial charge in [-0.05, 0) is 108 Å². The van der Waals surface area contributed by atoms with Gasteiger partial charge < -0.3 is 29.2 Å². The predicted octanol–water partition coefficient (Wildman–Crippen LogP) is 13.7. The molecule has 9 heteroatoms. The van der Waals surface area contributed by atoms with Gasteiger partial charge in [-0.2, -0.15) is 12.1 Å². The van der Waals surface area contributed by atoms with Gasteiger partial charge in [0.1, 0.15) is 5.82 Å². The maximum atomic E-state index is 6.71. The van der Waals surface area contributed by atoms with E-state index in [9.17, 15) is 0 Å². The molecule has 0 N–H and O–H groups in total. The number of aryl methyl sites for hydroxylation is 1. The molecule has 7 nitrogen and oxygen atoms in total. The van der Waals surface area contributed by atoms with Crippen molar-refractivity contribution >= 4 is 97.2 Å². The molecule has 10 aromatic rings. The Hall–Kier alpha value is -8.32. The molecule has 4 heterocycles. The summed E-state index contributed by atoms with van der Waals surface area (Å²) < 4.78 is 6.71. The number of benzene rings is 9. The first kappa shape index (κ1) is 43.0. The second-order valence-corrected chi connectivity index (χ2v) is 17.4. The summed E-state index contributed by atoms with van der Waals surface area (Å²) in [4.78, 5) is 16.4. The Morgan fingerprint density at radius 1 is 0.486 bits per heavy atom. The summed E-state index contributed by atoms with van der Waals surface area (Å²) in [6.45, 7) is 4.22. The third kappa shape index (κ3) is 7.40. The zero-order valence-electron chi connectivity index (χ0n) is 38.0. The molecule has 0 fully saturated rings. The van der Waals surface area contributed by atoms with Gasteiger partial charge in [0.05, 0.1) is 0 Å². The van der Waals surface area contributed by atoms with Gasteiger partial charge in [0, 0.05) is 95.6 Å². The standard InChI is InChI=1S/C61H42BN6O.Pt/c1-43-33-35-44(36-34-43)64-42-65(57-31-13-12-30-56(57)64)47-22-16-24-50(38-47)69-51-25-17-23-48(39-51)66(60-32-14-15-37-63-60)49-40-58-61-59(41-49)68(46-20-6-3-7-21-46)55-29-11-9-27-53(55)62(61)52-26-8-10-28-54(52)67(58)45-18-4-2-5-19-45;/h2-37,40-42H,1H3;/q-3;. The second kappa shape index (κ2) is 18.0. The third-order valence-corrected chi connectivity index (χ3v) is 13.2. The average Bonchev–Trinajstić information content (AvgIpc) is 3.80. The molecule has 0 aliphatic carbocycles. The number of rotatable bonds is 9. The van der Waals surface area contributed by atoms with E-state index in [0.717, 1.165) is 74.1 Å². The zero-order chi connectivity index (χ0) is 45.8. The van der Waals surface area contributed by atoms with Crippen molar-refractivity contribution in [2.45, 2.75) is 6.92 Å². The summed E-state index contributed by atoms with van der Waals surface area (Å²) in [6, 6.07) is 86.1. The van der Waals surface area contributed by atoms with E-state index in [-0.39, 0.29) is 27.8 Å². The SMILES string of the molecule is Cc1ccc(N2[CH-]N(c3[c-]c(Oc4[c-]c(N(c5cc6c7c(c5)N(c5ccccc5)c5ccccc5B7c5ccccc5N6c5ccccc5)c5ccccn5)ccc4)ccc3)c3ccccc32)cc1.[Pt]. The number of fused-ring (bicyclic) bond motifs is 5. The Labute approximate surface area is 423 Å². The molecule has 0 amide bonds. The van der Waals surface area contributed by atoms with Crippen molar-refractivity contribution in [1.82, 2.24) is 4.98 Å². The monoisotopic (exact) mass is 1080 g/mol. The summed E-state index contributed by atoms with van der Waals surface area (Å²) in [5.41, 5.74) is 17.4. The molecule has 0 radical (unpaired) electrons. The molecule has 70 heavy (non-hydrogen) atoms. The van der Waals surface area contributed by atoms with Crippen LogP contribution in [0.1, 0.15) is 5.56 Å². The Morgan fingerprint density at radius 2 is 1.03 bits per heavy atom. The van der Waals surface area contributed by atoms with Gasteiger partial charge in [-0.25, -0.2) is 4.98 Å². The number of pyridine rings is 1. The van der Waals surface area contributed by atoms with E-state index in [2.05, 4.69) is 232 Å². The summed E-state index contributed by atoms with van der Waals surface area (Å²) in [7, 11) is 0. The quantitative estimate of drug-likeness (QED) is 0.105. The van der Waals surface area contributed by atoms with Crippen LogP contribution < -0.4 is 45.6 Å². The molecule has 0 saturated heterocycles. The molecule has 13 rings (SSSR count). The Balaban J connectivity index is 0.00000505. The van der Waals surface area contributed by atoms with Crippen LogP contribution in [0.2, 0.25) is 0 Å². The first-order valence-electron chi connectivity index (χ1n) is 23.2. The molecule has 0 spiro atoms. The zero-order valence-corrected chi connectivity index (χ0v) is 40.3. The van der Waals surface area contributed by atoms with Crippen LogP contribution in [-0.4, -0.2) is 11.7 Å². The fourth-order valence-corrected chi connectivity index (χ4v) is 10.2. The van der Waals surface area contributed by atoms with Gasteiger partial charge in [-0.3, -0.25) is 0 Å². The first-order valence-corrected chi connectivity index (χ1v) is 23.2. The molecular formula is C61H42BN6OPt-3. The topological polar surface area (TPSA) is 38.3 Å². The smallest absolute Gasteiger partial charge is 0.252 e. The van der Waals surface area contributed by atoms with E-state index in [0.29, 0.717) is 11.5 Å². The number of hydrogen-bond acceptors (Lipinski definition) is 7. The van der Waals surface area contributed by atoms with Crippen molar-refractivity contribution in [2.24, 2.45) is 0 Å². The van der Waals surface area contributed by atoms with Crippen molar-refractivity contribution in [2.75, 3.05) is 24.5 Å². The van der Waals surface area contributed by atoms with Gasteiger partial charge >= 0.3 is 0 Å². The van der Waals surface area contributed by atoms with Crippen molar-refractivity contribution in [3.05, 3.63) is 255 Å². The summed E-state index contributed by atoms with van der Waals surface area (Å²) in [5, 5.41) is 0. The van der Waals surface area contributed by atoms with Crippen LogP contribution in [-0.2, 0) is 21.1 Å². The van der Waals surface area contributed by atoms with E-state index < -0.39 is 0 Å². The first-order chi connectivity index (χ1) is 34.1. The number of ether oxygens (including phenoxy) is 1. The molecule has 0 unspecified atom stereocenters. The molecule has 0 saturated carbocycles. The summed E-state index contributed by atoms with van der Waals surface area (Å²) >= 11 is 0. The van der Waals surface area contributed by atoms with Gasteiger partial charge in [-0.1, -0.05) is 114 Å². The molecule has 3 aliphatic heterocycles. The Bertz CT molecular complexity index is 3410. The van der Waals surface area contributed by atoms with E-state index >= 15 is 0 Å². The third-order valence-electron chi connectivity index (χ3n) is 13.2. The Morgan fingerprint density at radius 3 is 1.64 bits per heavy atom. The van der Waals surface area contributed by atoms with Crippen LogP contribution in [0.5, 0.6) is 11.5 Å². The minimum absolute atomic E-state index is 0. The molecule has 0 atom stereocenters. The van der Waals surface area contributed by atoms with Crippen LogP contribution in [0, 0.1) is 25.7 Å². The number of nitrogens with zero attached hydrogens (tertiary/aromatic N) is 6.